The number of aromatic nitrogens is 3. The molecule has 0 aromatic carbocycles. The van der Waals surface area contributed by atoms with Gasteiger partial charge in [-0.05, 0) is 25.5 Å². The van der Waals surface area contributed by atoms with E-state index < -0.39 is 0 Å². The highest BCUT2D eigenvalue weighted by Crippen LogP contribution is 2.18. The molecule has 0 fully saturated rings. The fraction of sp³-hybridized carbons (Fsp3) is 0.571. The van der Waals surface area contributed by atoms with Crippen LogP contribution in [0.3, 0.4) is 0 Å². The Hall–Kier alpha value is -0.640. The Morgan fingerprint density at radius 2 is 2.00 bits per heavy atom. The molecule has 0 saturated carbocycles. The summed E-state index contributed by atoms with van der Waals surface area (Å²) in [6.07, 6.45) is 5.30. The molecule has 1 heterocycles. The molecule has 0 atom stereocenters. The Bertz CT molecular complexity index is 274. The number of rotatable bonds is 1. The van der Waals surface area contributed by atoms with Crippen LogP contribution in [0.25, 0.3) is 0 Å². The Balaban J connectivity index is 2.41. The summed E-state index contributed by atoms with van der Waals surface area (Å²) in [4.78, 5) is 4.36. The smallest absolute Gasteiger partial charge is 0.209 e. The van der Waals surface area contributed by atoms with E-state index in [4.69, 9.17) is 0 Å². The largest absolute Gasteiger partial charge is 0.224 e. The summed E-state index contributed by atoms with van der Waals surface area (Å²) in [6, 6.07) is 0. The molecule has 0 bridgehead atoms. The van der Waals surface area contributed by atoms with Crippen LogP contribution in [0.4, 0.5) is 0 Å². The zero-order chi connectivity index (χ0) is 7.68. The topological polar surface area (TPSA) is 38.7 Å². The average molecular weight is 167 g/mol. The van der Waals surface area contributed by atoms with Crippen LogP contribution in [0.15, 0.2) is 5.16 Å². The first-order valence-corrected chi connectivity index (χ1v) is 4.89. The zero-order valence-corrected chi connectivity index (χ0v) is 7.19. The van der Waals surface area contributed by atoms with E-state index in [2.05, 4.69) is 15.2 Å². The van der Waals surface area contributed by atoms with Crippen molar-refractivity contribution in [2.75, 3.05) is 6.26 Å². The third-order valence-corrected chi connectivity index (χ3v) is 2.37. The van der Waals surface area contributed by atoms with E-state index in [1.165, 1.54) is 6.42 Å². The Kier molecular flexibility index (Phi) is 1.77. The van der Waals surface area contributed by atoms with E-state index in [9.17, 15) is 0 Å². The van der Waals surface area contributed by atoms with E-state index in [1.54, 1.807) is 11.8 Å². The van der Waals surface area contributed by atoms with Gasteiger partial charge in [-0.15, -0.1) is 5.10 Å². The van der Waals surface area contributed by atoms with Crippen molar-refractivity contribution in [3.63, 3.8) is 0 Å². The van der Waals surface area contributed by atoms with Crippen LogP contribution in [0.1, 0.15) is 17.8 Å². The highest BCUT2D eigenvalue weighted by Gasteiger charge is 2.14. The molecule has 0 spiro atoms. The number of hydrogen-bond donors (Lipinski definition) is 0. The van der Waals surface area contributed by atoms with E-state index in [0.29, 0.717) is 0 Å². The molecular formula is C7H9N3S. The molecule has 1 aromatic heterocycles. The molecule has 0 unspecified atom stereocenters. The monoisotopic (exact) mass is 167 g/mol. The number of fused-ring (bicyclic) bond motifs is 1. The molecule has 1 aliphatic rings. The van der Waals surface area contributed by atoms with Gasteiger partial charge in [0.15, 0.2) is 0 Å². The van der Waals surface area contributed by atoms with Crippen molar-refractivity contribution in [2.24, 2.45) is 0 Å². The third-order valence-electron chi connectivity index (χ3n) is 1.83. The summed E-state index contributed by atoms with van der Waals surface area (Å²) < 4.78 is 0. The normalized spacial score (nSPS) is 15.0. The number of thioether (sulfide) groups is 1. The first kappa shape index (κ1) is 7.03. The molecule has 2 rings (SSSR count). The average Bonchev–Trinajstić information content (AvgIpc) is 2.50. The lowest BCUT2D eigenvalue weighted by Crippen LogP contribution is -1.97. The lowest BCUT2D eigenvalue weighted by molar-refractivity contribution is 0.791. The molecule has 1 aromatic rings. The van der Waals surface area contributed by atoms with E-state index in [-0.39, 0.29) is 0 Å². The van der Waals surface area contributed by atoms with Gasteiger partial charge in [-0.1, -0.05) is 11.8 Å². The predicted octanol–water partition coefficient (Wildman–Crippen LogP) is 1.08. The molecule has 0 saturated heterocycles. The lowest BCUT2D eigenvalue weighted by Gasteiger charge is -1.96. The Morgan fingerprint density at radius 1 is 1.18 bits per heavy atom. The lowest BCUT2D eigenvalue weighted by atomic mass is 10.4. The Labute approximate surface area is 69.6 Å². The van der Waals surface area contributed by atoms with Gasteiger partial charge in [-0.2, -0.15) is 5.10 Å². The SMILES string of the molecule is CSc1nnc2c(n1)CCC2. The van der Waals surface area contributed by atoms with Gasteiger partial charge >= 0.3 is 0 Å². The van der Waals surface area contributed by atoms with Crippen molar-refractivity contribution in [3.8, 4) is 0 Å². The van der Waals surface area contributed by atoms with Crippen LogP contribution in [0.2, 0.25) is 0 Å². The van der Waals surface area contributed by atoms with Crippen molar-refractivity contribution in [3.05, 3.63) is 11.4 Å². The summed E-state index contributed by atoms with van der Waals surface area (Å²) in [5.74, 6) is 0. The molecular weight excluding hydrogens is 158 g/mol. The van der Waals surface area contributed by atoms with Crippen LogP contribution >= 0.6 is 11.8 Å². The molecule has 4 heteroatoms. The second-order valence-electron chi connectivity index (χ2n) is 2.55. The fourth-order valence-electron chi connectivity index (χ4n) is 1.27. The minimum absolute atomic E-state index is 0.797. The van der Waals surface area contributed by atoms with Gasteiger partial charge in [0.25, 0.3) is 0 Å². The predicted molar refractivity (Wildman–Crippen MR) is 43.6 cm³/mol. The van der Waals surface area contributed by atoms with Crippen LogP contribution in [-0.2, 0) is 12.8 Å². The van der Waals surface area contributed by atoms with E-state index >= 15 is 0 Å². The standard InChI is InChI=1S/C7H9N3S/c1-11-7-8-5-3-2-4-6(5)9-10-7/h2-4H2,1H3. The van der Waals surface area contributed by atoms with Gasteiger partial charge in [0, 0.05) is 0 Å². The molecule has 0 N–H and O–H groups in total. The van der Waals surface area contributed by atoms with Gasteiger partial charge < -0.3 is 0 Å². The molecule has 0 radical (unpaired) electrons. The van der Waals surface area contributed by atoms with E-state index in [0.717, 1.165) is 29.4 Å². The quantitative estimate of drug-likeness (QED) is 0.587. The van der Waals surface area contributed by atoms with E-state index in [1.807, 2.05) is 6.26 Å². The molecule has 0 amide bonds. The van der Waals surface area contributed by atoms with Gasteiger partial charge in [0.2, 0.25) is 5.16 Å². The highest BCUT2D eigenvalue weighted by molar-refractivity contribution is 7.98. The first-order valence-electron chi connectivity index (χ1n) is 3.66. The molecule has 58 valence electrons. The Morgan fingerprint density at radius 3 is 2.82 bits per heavy atom. The maximum atomic E-state index is 4.36. The molecule has 0 aliphatic heterocycles. The van der Waals surface area contributed by atoms with Crippen molar-refractivity contribution < 1.29 is 0 Å². The van der Waals surface area contributed by atoms with Gasteiger partial charge in [-0.25, -0.2) is 4.98 Å². The van der Waals surface area contributed by atoms with Gasteiger partial charge in [0.05, 0.1) is 11.4 Å². The maximum absolute atomic E-state index is 4.36. The summed E-state index contributed by atoms with van der Waals surface area (Å²) in [5.41, 5.74) is 2.26. The maximum Gasteiger partial charge on any atom is 0.209 e. The number of aryl methyl sites for hydroxylation is 2. The van der Waals surface area contributed by atoms with Gasteiger partial charge in [0.1, 0.15) is 0 Å². The third kappa shape index (κ3) is 1.22. The van der Waals surface area contributed by atoms with Crippen molar-refractivity contribution in [2.45, 2.75) is 24.4 Å². The fourth-order valence-corrected chi connectivity index (χ4v) is 1.59. The summed E-state index contributed by atoms with van der Waals surface area (Å²) in [5, 5.41) is 8.86. The summed E-state index contributed by atoms with van der Waals surface area (Å²) in [7, 11) is 0. The molecule has 11 heavy (non-hydrogen) atoms. The second kappa shape index (κ2) is 2.77. The van der Waals surface area contributed by atoms with Crippen LogP contribution < -0.4 is 0 Å². The number of nitrogens with zero attached hydrogens (tertiary/aromatic N) is 3. The first-order chi connectivity index (χ1) is 5.40. The molecule has 3 nitrogen and oxygen atoms in total. The summed E-state index contributed by atoms with van der Waals surface area (Å²) >= 11 is 1.55. The second-order valence-corrected chi connectivity index (χ2v) is 3.32. The summed E-state index contributed by atoms with van der Waals surface area (Å²) in [6.45, 7) is 0. The highest BCUT2D eigenvalue weighted by atomic mass is 32.2. The minimum Gasteiger partial charge on any atom is -0.224 e. The number of hydrogen-bond acceptors (Lipinski definition) is 4. The van der Waals surface area contributed by atoms with Crippen molar-refractivity contribution >= 4 is 11.8 Å². The molecule has 1 aliphatic carbocycles. The van der Waals surface area contributed by atoms with Crippen molar-refractivity contribution in [1.82, 2.24) is 15.2 Å². The zero-order valence-electron chi connectivity index (χ0n) is 6.37. The van der Waals surface area contributed by atoms with Crippen LogP contribution in [0.5, 0.6) is 0 Å². The van der Waals surface area contributed by atoms with Crippen molar-refractivity contribution in [1.29, 1.82) is 0 Å². The minimum atomic E-state index is 0.797. The van der Waals surface area contributed by atoms with Crippen LogP contribution in [0, 0.1) is 0 Å². The van der Waals surface area contributed by atoms with Gasteiger partial charge in [-0.3, -0.25) is 0 Å². The van der Waals surface area contributed by atoms with Crippen LogP contribution in [-0.4, -0.2) is 21.4 Å².